The van der Waals surface area contributed by atoms with Gasteiger partial charge in [0.15, 0.2) is 0 Å². The van der Waals surface area contributed by atoms with E-state index in [0.717, 1.165) is 12.2 Å². The van der Waals surface area contributed by atoms with E-state index in [9.17, 15) is 9.59 Å². The van der Waals surface area contributed by atoms with E-state index in [1.807, 2.05) is 30.3 Å². The Kier molecular flexibility index (Phi) is 5.81. The minimum absolute atomic E-state index is 0.0775. The Bertz CT molecular complexity index is 713. The molecule has 1 atom stereocenters. The summed E-state index contributed by atoms with van der Waals surface area (Å²) in [4.78, 5) is 26.9. The molecule has 1 aromatic heterocycles. The number of benzene rings is 1. The van der Waals surface area contributed by atoms with Crippen molar-refractivity contribution in [1.29, 1.82) is 0 Å². The van der Waals surface area contributed by atoms with Gasteiger partial charge in [-0.1, -0.05) is 12.1 Å². The van der Waals surface area contributed by atoms with E-state index in [-0.39, 0.29) is 11.8 Å². The van der Waals surface area contributed by atoms with Crippen molar-refractivity contribution in [3.05, 3.63) is 59.5 Å². The summed E-state index contributed by atoms with van der Waals surface area (Å²) in [5.74, 6) is 1.43. The van der Waals surface area contributed by atoms with Crippen LogP contribution in [0.5, 0.6) is 0 Å². The predicted molar refractivity (Wildman–Crippen MR) is 98.3 cm³/mol. The lowest BCUT2D eigenvalue weighted by Crippen LogP contribution is -2.45. The van der Waals surface area contributed by atoms with Gasteiger partial charge in [-0.05, 0) is 48.9 Å². The molecule has 0 bridgehead atoms. The number of hydrogen-bond donors (Lipinski definition) is 1. The van der Waals surface area contributed by atoms with E-state index >= 15 is 0 Å². The van der Waals surface area contributed by atoms with Crippen LogP contribution in [0.4, 0.5) is 0 Å². The molecule has 1 aliphatic rings. The Hall–Kier alpha value is -2.21. The van der Waals surface area contributed by atoms with Gasteiger partial charge in [-0.2, -0.15) is 11.8 Å². The van der Waals surface area contributed by atoms with Crippen LogP contribution in [0.1, 0.15) is 34.5 Å². The average molecular weight is 358 g/mol. The van der Waals surface area contributed by atoms with Crippen LogP contribution in [0, 0.1) is 0 Å². The van der Waals surface area contributed by atoms with Gasteiger partial charge in [0, 0.05) is 17.9 Å². The number of amides is 2. The lowest BCUT2D eigenvalue weighted by molar-refractivity contribution is -0.125. The number of nitrogens with zero attached hydrogens (tertiary/aromatic N) is 1. The largest absolute Gasteiger partial charge is 0.467 e. The van der Waals surface area contributed by atoms with Gasteiger partial charge in [-0.25, -0.2) is 0 Å². The smallest absolute Gasteiger partial charge is 0.254 e. The number of nitrogens with one attached hydrogen (secondary N) is 1. The molecule has 0 saturated carbocycles. The molecule has 2 aromatic rings. The Balaban J connectivity index is 1.63. The SMILES string of the molecule is CSCc1ccc(C(=O)N2CCCC2C(=O)NCc2ccco2)cc1. The number of likely N-dealkylation sites (tertiary alicyclic amines) is 1. The molecule has 0 radical (unpaired) electrons. The van der Waals surface area contributed by atoms with Crippen LogP contribution >= 0.6 is 11.8 Å². The van der Waals surface area contributed by atoms with Crippen molar-refractivity contribution < 1.29 is 14.0 Å². The quantitative estimate of drug-likeness (QED) is 0.862. The first-order valence-electron chi connectivity index (χ1n) is 8.38. The number of thioether (sulfide) groups is 1. The molecule has 2 heterocycles. The number of rotatable bonds is 6. The summed E-state index contributed by atoms with van der Waals surface area (Å²) < 4.78 is 5.22. The molecule has 0 aliphatic carbocycles. The van der Waals surface area contributed by atoms with Crippen LogP contribution < -0.4 is 5.32 Å². The zero-order valence-electron chi connectivity index (χ0n) is 14.2. The molecular formula is C19H22N2O3S. The second-order valence-electron chi connectivity index (χ2n) is 6.08. The van der Waals surface area contributed by atoms with Gasteiger partial charge in [0.25, 0.3) is 5.91 Å². The highest BCUT2D eigenvalue weighted by molar-refractivity contribution is 7.97. The van der Waals surface area contributed by atoms with Gasteiger partial charge in [0.2, 0.25) is 5.91 Å². The standard InChI is InChI=1S/C19H22N2O3S/c1-25-13-14-6-8-15(9-7-14)19(23)21-10-2-5-17(21)18(22)20-12-16-4-3-11-24-16/h3-4,6-9,11,17H,2,5,10,12-13H2,1H3,(H,20,22). The van der Waals surface area contributed by atoms with E-state index in [2.05, 4.69) is 11.6 Å². The van der Waals surface area contributed by atoms with Gasteiger partial charge in [-0.3, -0.25) is 9.59 Å². The van der Waals surface area contributed by atoms with Crippen molar-refractivity contribution >= 4 is 23.6 Å². The molecule has 3 rings (SSSR count). The number of carbonyl (C=O) groups excluding carboxylic acids is 2. The van der Waals surface area contributed by atoms with E-state index in [1.54, 1.807) is 29.0 Å². The molecule has 132 valence electrons. The Labute approximate surface area is 151 Å². The van der Waals surface area contributed by atoms with Gasteiger partial charge in [-0.15, -0.1) is 0 Å². The predicted octanol–water partition coefficient (Wildman–Crippen LogP) is 3.06. The highest BCUT2D eigenvalue weighted by atomic mass is 32.2. The van der Waals surface area contributed by atoms with Crippen molar-refractivity contribution in [3.63, 3.8) is 0 Å². The summed E-state index contributed by atoms with van der Waals surface area (Å²) >= 11 is 1.75. The minimum Gasteiger partial charge on any atom is -0.467 e. The third-order valence-electron chi connectivity index (χ3n) is 4.35. The molecule has 1 unspecified atom stereocenters. The Morgan fingerprint density at radius 2 is 2.08 bits per heavy atom. The van der Waals surface area contributed by atoms with Crippen molar-refractivity contribution in [3.8, 4) is 0 Å². The molecule has 5 nitrogen and oxygen atoms in total. The topological polar surface area (TPSA) is 62.6 Å². The first kappa shape index (κ1) is 17.6. The zero-order chi connectivity index (χ0) is 17.6. The third-order valence-corrected chi connectivity index (χ3v) is 4.97. The molecule has 25 heavy (non-hydrogen) atoms. The van der Waals surface area contributed by atoms with Crippen LogP contribution in [-0.4, -0.2) is 35.6 Å². The van der Waals surface area contributed by atoms with E-state index in [0.29, 0.717) is 30.8 Å². The molecule has 6 heteroatoms. The van der Waals surface area contributed by atoms with E-state index < -0.39 is 6.04 Å². The zero-order valence-corrected chi connectivity index (χ0v) is 15.1. The Morgan fingerprint density at radius 3 is 2.76 bits per heavy atom. The minimum atomic E-state index is -0.409. The molecule has 0 spiro atoms. The summed E-state index contributed by atoms with van der Waals surface area (Å²) in [7, 11) is 0. The lowest BCUT2D eigenvalue weighted by atomic mass is 10.1. The van der Waals surface area contributed by atoms with E-state index in [4.69, 9.17) is 4.42 Å². The summed E-state index contributed by atoms with van der Waals surface area (Å²) in [6.45, 7) is 0.956. The maximum absolute atomic E-state index is 12.8. The first-order chi connectivity index (χ1) is 12.2. The fraction of sp³-hybridized carbons (Fsp3) is 0.368. The number of furan rings is 1. The molecule has 1 fully saturated rings. The Morgan fingerprint density at radius 1 is 1.28 bits per heavy atom. The van der Waals surface area contributed by atoms with Gasteiger partial charge in [0.05, 0.1) is 12.8 Å². The van der Waals surface area contributed by atoms with Crippen LogP contribution in [0.3, 0.4) is 0 Å². The van der Waals surface area contributed by atoms with Crippen molar-refractivity contribution in [1.82, 2.24) is 10.2 Å². The molecule has 1 saturated heterocycles. The normalized spacial score (nSPS) is 16.8. The molecular weight excluding hydrogens is 336 g/mol. The van der Waals surface area contributed by atoms with Crippen LogP contribution in [0.25, 0.3) is 0 Å². The number of carbonyl (C=O) groups is 2. The fourth-order valence-corrected chi connectivity index (χ4v) is 3.59. The van der Waals surface area contributed by atoms with Crippen LogP contribution in [0.2, 0.25) is 0 Å². The van der Waals surface area contributed by atoms with E-state index in [1.165, 1.54) is 5.56 Å². The molecule has 2 amide bonds. The average Bonchev–Trinajstić information content (AvgIpc) is 3.31. The van der Waals surface area contributed by atoms with Crippen LogP contribution in [-0.2, 0) is 17.1 Å². The summed E-state index contributed by atoms with van der Waals surface area (Å²) in [6, 6.07) is 10.8. The van der Waals surface area contributed by atoms with Gasteiger partial charge >= 0.3 is 0 Å². The van der Waals surface area contributed by atoms with Crippen molar-refractivity contribution in [2.24, 2.45) is 0 Å². The third kappa shape index (κ3) is 4.25. The molecule has 1 N–H and O–H groups in total. The second-order valence-corrected chi connectivity index (χ2v) is 6.95. The highest BCUT2D eigenvalue weighted by Gasteiger charge is 2.34. The van der Waals surface area contributed by atoms with Gasteiger partial charge in [0.1, 0.15) is 11.8 Å². The van der Waals surface area contributed by atoms with Gasteiger partial charge < -0.3 is 14.6 Å². The summed E-state index contributed by atoms with van der Waals surface area (Å²) in [5.41, 5.74) is 1.83. The molecule has 1 aromatic carbocycles. The van der Waals surface area contributed by atoms with Crippen molar-refractivity contribution in [2.75, 3.05) is 12.8 Å². The maximum atomic E-state index is 12.8. The summed E-state index contributed by atoms with van der Waals surface area (Å²) in [6.07, 6.45) is 5.16. The first-order valence-corrected chi connectivity index (χ1v) is 9.77. The maximum Gasteiger partial charge on any atom is 0.254 e. The van der Waals surface area contributed by atoms with Crippen molar-refractivity contribution in [2.45, 2.75) is 31.2 Å². The molecule has 1 aliphatic heterocycles. The highest BCUT2D eigenvalue weighted by Crippen LogP contribution is 2.21. The van der Waals surface area contributed by atoms with Crippen LogP contribution in [0.15, 0.2) is 47.1 Å². The summed E-state index contributed by atoms with van der Waals surface area (Å²) in [5, 5.41) is 2.86. The fourth-order valence-electron chi connectivity index (χ4n) is 3.06. The second kappa shape index (κ2) is 8.25. The monoisotopic (exact) mass is 358 g/mol. The number of hydrogen-bond acceptors (Lipinski definition) is 4. The lowest BCUT2D eigenvalue weighted by Gasteiger charge is -2.24.